The molecule has 172 valence electrons. The Morgan fingerprint density at radius 3 is 2.58 bits per heavy atom. The van der Waals surface area contributed by atoms with Crippen molar-refractivity contribution in [1.29, 1.82) is 0 Å². The van der Waals surface area contributed by atoms with Gasteiger partial charge in [-0.15, -0.1) is 10.2 Å². The molecule has 0 radical (unpaired) electrons. The summed E-state index contributed by atoms with van der Waals surface area (Å²) >= 11 is 1.30. The van der Waals surface area contributed by atoms with Crippen LogP contribution in [0.3, 0.4) is 0 Å². The van der Waals surface area contributed by atoms with E-state index in [4.69, 9.17) is 4.74 Å². The molecule has 0 aliphatic carbocycles. The van der Waals surface area contributed by atoms with Crippen LogP contribution in [0.5, 0.6) is 5.75 Å². The first kappa shape index (κ1) is 22.5. The second kappa shape index (κ2) is 9.86. The molecule has 33 heavy (non-hydrogen) atoms. The number of carbonyl (C=O) groups excluding carboxylic acids is 2. The lowest BCUT2D eigenvalue weighted by molar-refractivity contribution is -0.119. The number of carbonyl (C=O) groups is 2. The van der Waals surface area contributed by atoms with Gasteiger partial charge in [0.15, 0.2) is 0 Å². The Hall–Kier alpha value is -3.66. The van der Waals surface area contributed by atoms with E-state index in [2.05, 4.69) is 20.8 Å². The molecule has 3 amide bonds. The maximum Gasteiger partial charge on any atom is 0.322 e. The molecule has 1 atom stereocenters. The van der Waals surface area contributed by atoms with Gasteiger partial charge in [0, 0.05) is 31.9 Å². The highest BCUT2D eigenvalue weighted by Crippen LogP contribution is 2.29. The van der Waals surface area contributed by atoms with Crippen LogP contribution in [0.1, 0.15) is 12.8 Å². The number of aromatic nitrogens is 2. The zero-order chi connectivity index (χ0) is 23.4. The van der Waals surface area contributed by atoms with Crippen molar-refractivity contribution in [3.8, 4) is 16.3 Å². The summed E-state index contributed by atoms with van der Waals surface area (Å²) in [7, 11) is 5.51. The molecule has 0 bridgehead atoms. The number of hydrogen-bond donors (Lipinski definition) is 2. The number of nitrogens with one attached hydrogen (secondary N) is 2. The first-order valence-corrected chi connectivity index (χ1v) is 11.4. The van der Waals surface area contributed by atoms with Crippen molar-refractivity contribution in [3.05, 3.63) is 48.5 Å². The molecule has 1 unspecified atom stereocenters. The molecule has 2 heterocycles. The number of urea groups is 1. The van der Waals surface area contributed by atoms with Crippen molar-refractivity contribution in [2.75, 3.05) is 43.3 Å². The Balaban J connectivity index is 1.41. The summed E-state index contributed by atoms with van der Waals surface area (Å²) in [4.78, 5) is 29.4. The number of ether oxygens (including phenoxy) is 1. The van der Waals surface area contributed by atoms with Crippen molar-refractivity contribution in [3.63, 3.8) is 0 Å². The minimum absolute atomic E-state index is 0.270. The second-order valence-corrected chi connectivity index (χ2v) is 8.80. The van der Waals surface area contributed by atoms with Gasteiger partial charge in [0.1, 0.15) is 16.8 Å². The summed E-state index contributed by atoms with van der Waals surface area (Å²) in [6.07, 6.45) is 1.33. The summed E-state index contributed by atoms with van der Waals surface area (Å²) in [5.41, 5.74) is 2.58. The predicted octanol–water partition coefficient (Wildman–Crippen LogP) is 3.91. The van der Waals surface area contributed by atoms with Crippen LogP contribution in [-0.4, -0.2) is 60.8 Å². The Labute approximate surface area is 196 Å². The highest BCUT2D eigenvalue weighted by molar-refractivity contribution is 7.18. The van der Waals surface area contributed by atoms with Crippen molar-refractivity contribution in [2.24, 2.45) is 0 Å². The average Bonchev–Trinajstić information content (AvgIpc) is 3.49. The number of benzene rings is 2. The van der Waals surface area contributed by atoms with E-state index in [9.17, 15) is 9.59 Å². The summed E-state index contributed by atoms with van der Waals surface area (Å²) in [5.74, 6) is 0.291. The maximum atomic E-state index is 12.9. The van der Waals surface area contributed by atoms with Crippen molar-refractivity contribution < 1.29 is 14.3 Å². The Morgan fingerprint density at radius 1 is 1.09 bits per heavy atom. The smallest absolute Gasteiger partial charge is 0.322 e. The van der Waals surface area contributed by atoms with Crippen LogP contribution in [0.15, 0.2) is 48.5 Å². The number of methoxy groups -OCH3 is 1. The van der Waals surface area contributed by atoms with Gasteiger partial charge in [0.25, 0.3) is 0 Å². The summed E-state index contributed by atoms with van der Waals surface area (Å²) < 4.78 is 5.29. The van der Waals surface area contributed by atoms with E-state index in [1.54, 1.807) is 24.1 Å². The molecule has 2 N–H and O–H groups in total. The molecule has 10 heteroatoms. The van der Waals surface area contributed by atoms with Gasteiger partial charge < -0.3 is 19.9 Å². The Kier molecular flexibility index (Phi) is 6.74. The molecule has 1 fully saturated rings. The normalized spacial score (nSPS) is 15.2. The molecule has 9 nitrogen and oxygen atoms in total. The number of nitrogens with zero attached hydrogens (tertiary/aromatic N) is 4. The molecule has 3 aromatic rings. The largest absolute Gasteiger partial charge is 0.495 e. The third-order valence-corrected chi connectivity index (χ3v) is 6.34. The van der Waals surface area contributed by atoms with Crippen LogP contribution >= 0.6 is 11.3 Å². The summed E-state index contributed by atoms with van der Waals surface area (Å²) in [6, 6.07) is 14.2. The number of likely N-dealkylation sites (tertiary alicyclic amines) is 1. The first-order valence-electron chi connectivity index (χ1n) is 10.6. The van der Waals surface area contributed by atoms with E-state index in [-0.39, 0.29) is 11.9 Å². The number of hydrogen-bond acceptors (Lipinski definition) is 7. The fraction of sp³-hybridized carbons (Fsp3) is 0.304. The molecule has 4 rings (SSSR count). The molecule has 2 aromatic carbocycles. The highest BCUT2D eigenvalue weighted by atomic mass is 32.1. The van der Waals surface area contributed by atoms with E-state index in [0.717, 1.165) is 17.7 Å². The lowest BCUT2D eigenvalue weighted by Gasteiger charge is -2.24. The van der Waals surface area contributed by atoms with Gasteiger partial charge >= 0.3 is 6.03 Å². The summed E-state index contributed by atoms with van der Waals surface area (Å²) in [6.45, 7) is 0.499. The van der Waals surface area contributed by atoms with Crippen LogP contribution in [0, 0.1) is 0 Å². The third kappa shape index (κ3) is 5.06. The minimum atomic E-state index is -0.577. The maximum absolute atomic E-state index is 12.9. The number of anilines is 3. The van der Waals surface area contributed by atoms with E-state index >= 15 is 0 Å². The number of amides is 3. The molecule has 0 spiro atoms. The topological polar surface area (TPSA) is 99.7 Å². The van der Waals surface area contributed by atoms with Gasteiger partial charge in [-0.25, -0.2) is 4.79 Å². The molecule has 1 aromatic heterocycles. The molecule has 1 aliphatic rings. The monoisotopic (exact) mass is 466 g/mol. The third-order valence-electron chi connectivity index (χ3n) is 5.45. The zero-order valence-electron chi connectivity index (χ0n) is 18.7. The standard InChI is InChI=1S/C23H26N6O3S/c1-28(2)16-12-10-15(11-13-16)21-26-27-22(33-21)25-20(30)18-8-6-14-29(18)23(31)24-17-7-4-5-9-19(17)32-3/h4-5,7,9-13,18H,6,8,14H2,1-3H3,(H,24,31)(H,25,27,30). The SMILES string of the molecule is COc1ccccc1NC(=O)N1CCCC1C(=O)Nc1nnc(-c2ccc(N(C)C)cc2)s1. The van der Waals surface area contributed by atoms with Crippen LogP contribution in [-0.2, 0) is 4.79 Å². The van der Waals surface area contributed by atoms with Gasteiger partial charge in [0.2, 0.25) is 11.0 Å². The van der Waals surface area contributed by atoms with E-state index in [0.29, 0.717) is 34.5 Å². The first-order chi connectivity index (χ1) is 16.0. The molecular weight excluding hydrogens is 440 g/mol. The molecule has 0 saturated carbocycles. The van der Waals surface area contributed by atoms with E-state index in [1.807, 2.05) is 55.4 Å². The van der Waals surface area contributed by atoms with Crippen LogP contribution < -0.4 is 20.3 Å². The van der Waals surface area contributed by atoms with Crippen molar-refractivity contribution in [2.45, 2.75) is 18.9 Å². The van der Waals surface area contributed by atoms with E-state index < -0.39 is 6.04 Å². The predicted molar refractivity (Wildman–Crippen MR) is 130 cm³/mol. The highest BCUT2D eigenvalue weighted by Gasteiger charge is 2.35. The molecule has 1 aliphatic heterocycles. The van der Waals surface area contributed by atoms with Gasteiger partial charge in [-0.1, -0.05) is 23.5 Å². The van der Waals surface area contributed by atoms with Crippen LogP contribution in [0.4, 0.5) is 21.3 Å². The van der Waals surface area contributed by atoms with Gasteiger partial charge in [0.05, 0.1) is 12.8 Å². The second-order valence-electron chi connectivity index (χ2n) is 7.82. The average molecular weight is 467 g/mol. The Bertz CT molecular complexity index is 1130. The van der Waals surface area contributed by atoms with Crippen molar-refractivity contribution in [1.82, 2.24) is 15.1 Å². The van der Waals surface area contributed by atoms with Gasteiger partial charge in [-0.05, 0) is 49.2 Å². The van der Waals surface area contributed by atoms with E-state index in [1.165, 1.54) is 11.3 Å². The van der Waals surface area contributed by atoms with Crippen LogP contribution in [0.25, 0.3) is 10.6 Å². The minimum Gasteiger partial charge on any atom is -0.495 e. The Morgan fingerprint density at radius 2 is 1.85 bits per heavy atom. The lowest BCUT2D eigenvalue weighted by Crippen LogP contribution is -2.45. The van der Waals surface area contributed by atoms with Gasteiger partial charge in [-0.3, -0.25) is 10.1 Å². The molecule has 1 saturated heterocycles. The zero-order valence-corrected chi connectivity index (χ0v) is 19.6. The fourth-order valence-corrected chi connectivity index (χ4v) is 4.45. The van der Waals surface area contributed by atoms with Gasteiger partial charge in [-0.2, -0.15) is 0 Å². The summed E-state index contributed by atoms with van der Waals surface area (Å²) in [5, 5.41) is 15.1. The lowest BCUT2D eigenvalue weighted by atomic mass is 10.2. The number of rotatable bonds is 6. The van der Waals surface area contributed by atoms with Crippen molar-refractivity contribution >= 4 is 39.8 Å². The number of para-hydroxylation sites is 2. The molecular formula is C23H26N6O3S. The fourth-order valence-electron chi connectivity index (χ4n) is 3.70. The van der Waals surface area contributed by atoms with Crippen LogP contribution in [0.2, 0.25) is 0 Å². The quantitative estimate of drug-likeness (QED) is 0.571.